The molecule has 0 bridgehead atoms. The maximum Gasteiger partial charge on any atom is 0.264 e. The summed E-state index contributed by atoms with van der Waals surface area (Å²) in [5.74, 6) is -0.504. The van der Waals surface area contributed by atoms with Gasteiger partial charge in [0.2, 0.25) is 11.8 Å². The molecule has 0 aliphatic carbocycles. The molecule has 0 spiro atoms. The molecule has 0 saturated heterocycles. The Bertz CT molecular complexity index is 1420. The summed E-state index contributed by atoms with van der Waals surface area (Å²) in [6.45, 7) is 9.38. The third-order valence-corrected chi connectivity index (χ3v) is 8.45. The number of hydrogen-bond donors (Lipinski definition) is 1. The zero-order valence-electron chi connectivity index (χ0n) is 24.1. The van der Waals surface area contributed by atoms with E-state index < -0.39 is 28.5 Å². The van der Waals surface area contributed by atoms with Gasteiger partial charge < -0.3 is 15.0 Å². The molecule has 9 heteroatoms. The number of carbonyl (C=O) groups is 2. The Hall–Kier alpha value is -3.85. The molecule has 0 fully saturated rings. The van der Waals surface area contributed by atoms with Crippen LogP contribution < -0.4 is 14.4 Å². The number of anilines is 1. The fourth-order valence-corrected chi connectivity index (χ4v) is 5.63. The number of benzene rings is 3. The van der Waals surface area contributed by atoms with Gasteiger partial charge in [0.25, 0.3) is 10.0 Å². The van der Waals surface area contributed by atoms with Crippen LogP contribution in [0.3, 0.4) is 0 Å². The Morgan fingerprint density at radius 3 is 2.05 bits per heavy atom. The van der Waals surface area contributed by atoms with Crippen LogP contribution in [0, 0.1) is 20.8 Å². The highest BCUT2D eigenvalue weighted by Gasteiger charge is 2.33. The van der Waals surface area contributed by atoms with Gasteiger partial charge in [-0.2, -0.15) is 0 Å². The first-order valence-electron chi connectivity index (χ1n) is 13.3. The first-order valence-corrected chi connectivity index (χ1v) is 14.8. The zero-order valence-corrected chi connectivity index (χ0v) is 24.9. The highest BCUT2D eigenvalue weighted by Crippen LogP contribution is 2.34. The van der Waals surface area contributed by atoms with Gasteiger partial charge in [0.05, 0.1) is 17.7 Å². The molecule has 0 aliphatic heterocycles. The summed E-state index contributed by atoms with van der Waals surface area (Å²) in [6, 6.07) is 18.5. The lowest BCUT2D eigenvalue weighted by atomic mass is 10.1. The molecule has 0 radical (unpaired) electrons. The Balaban J connectivity index is 2.08. The van der Waals surface area contributed by atoms with E-state index in [0.29, 0.717) is 12.3 Å². The van der Waals surface area contributed by atoms with E-state index >= 15 is 0 Å². The van der Waals surface area contributed by atoms with Crippen LogP contribution in [0.5, 0.6) is 5.75 Å². The number of rotatable bonds is 12. The second-order valence-electron chi connectivity index (χ2n) is 9.97. The third-order valence-electron chi connectivity index (χ3n) is 6.68. The molecule has 214 valence electrons. The van der Waals surface area contributed by atoms with Crippen LogP contribution in [0.4, 0.5) is 5.69 Å². The Labute approximate surface area is 238 Å². The minimum Gasteiger partial charge on any atom is -0.495 e. The Morgan fingerprint density at radius 2 is 1.48 bits per heavy atom. The molecule has 3 aromatic rings. The topological polar surface area (TPSA) is 96.0 Å². The van der Waals surface area contributed by atoms with Crippen molar-refractivity contribution in [2.75, 3.05) is 24.5 Å². The van der Waals surface area contributed by atoms with E-state index in [-0.39, 0.29) is 23.0 Å². The van der Waals surface area contributed by atoms with Gasteiger partial charge in [0.15, 0.2) is 0 Å². The van der Waals surface area contributed by atoms with Crippen molar-refractivity contribution in [3.8, 4) is 5.75 Å². The van der Waals surface area contributed by atoms with E-state index in [9.17, 15) is 18.0 Å². The highest BCUT2D eigenvalue weighted by atomic mass is 32.2. The van der Waals surface area contributed by atoms with Crippen molar-refractivity contribution < 1.29 is 22.7 Å². The number of carbonyl (C=O) groups excluding carboxylic acids is 2. The second-order valence-corrected chi connectivity index (χ2v) is 11.8. The molecular weight excluding hydrogens is 526 g/mol. The van der Waals surface area contributed by atoms with Gasteiger partial charge in [-0.05, 0) is 69.5 Å². The first-order chi connectivity index (χ1) is 19.0. The highest BCUT2D eigenvalue weighted by molar-refractivity contribution is 7.92. The van der Waals surface area contributed by atoms with E-state index in [2.05, 4.69) is 5.32 Å². The fraction of sp³-hybridized carbons (Fsp3) is 0.355. The fourth-order valence-electron chi connectivity index (χ4n) is 4.21. The molecule has 0 heterocycles. The van der Waals surface area contributed by atoms with Crippen LogP contribution in [0.15, 0.2) is 71.6 Å². The van der Waals surface area contributed by atoms with E-state index in [1.54, 1.807) is 31.2 Å². The Kier molecular flexibility index (Phi) is 10.3. The summed E-state index contributed by atoms with van der Waals surface area (Å²) in [5, 5.41) is 2.85. The minimum atomic E-state index is -4.18. The van der Waals surface area contributed by atoms with Gasteiger partial charge in [0, 0.05) is 13.1 Å². The number of amides is 2. The number of methoxy groups -OCH3 is 1. The molecule has 40 heavy (non-hydrogen) atoms. The van der Waals surface area contributed by atoms with Gasteiger partial charge in [-0.3, -0.25) is 13.9 Å². The van der Waals surface area contributed by atoms with Crippen LogP contribution in [-0.4, -0.2) is 51.4 Å². The average molecular weight is 566 g/mol. The van der Waals surface area contributed by atoms with Crippen molar-refractivity contribution in [1.29, 1.82) is 0 Å². The smallest absolute Gasteiger partial charge is 0.264 e. The van der Waals surface area contributed by atoms with Crippen molar-refractivity contribution in [1.82, 2.24) is 10.2 Å². The van der Waals surface area contributed by atoms with Crippen LogP contribution >= 0.6 is 0 Å². The quantitative estimate of drug-likeness (QED) is 0.342. The van der Waals surface area contributed by atoms with E-state index in [0.717, 1.165) is 33.0 Å². The number of aryl methyl sites for hydroxylation is 3. The maximum atomic E-state index is 14.0. The number of hydrogen-bond acceptors (Lipinski definition) is 5. The number of nitrogens with zero attached hydrogens (tertiary/aromatic N) is 2. The molecule has 2 amide bonds. The van der Waals surface area contributed by atoms with Crippen LogP contribution in [-0.2, 0) is 26.2 Å². The van der Waals surface area contributed by atoms with Gasteiger partial charge in [-0.1, -0.05) is 60.5 Å². The molecule has 0 saturated carbocycles. The SMILES string of the molecule is CCCNC(=O)[C@@H](C)N(Cc1ccc(C)cc1)C(=O)CN(c1cc(C)ccc1OC)S(=O)(=O)c1ccc(C)cc1. The van der Waals surface area contributed by atoms with Crippen molar-refractivity contribution in [3.05, 3.63) is 89.0 Å². The van der Waals surface area contributed by atoms with Crippen molar-refractivity contribution in [3.63, 3.8) is 0 Å². The minimum absolute atomic E-state index is 0.0493. The standard InChI is InChI=1S/C31H39N3O5S/c1-7-18-32-31(36)25(5)33(20-26-13-8-22(2)9-14-26)30(35)21-34(28-19-24(4)12-17-29(28)39-6)40(37,38)27-15-10-23(3)11-16-27/h8-17,19,25H,7,18,20-21H2,1-6H3,(H,32,36)/t25-/m1/s1. The molecule has 3 aromatic carbocycles. The number of ether oxygens (including phenoxy) is 1. The molecule has 0 aliphatic rings. The summed E-state index contributed by atoms with van der Waals surface area (Å²) in [6.07, 6.45) is 0.750. The van der Waals surface area contributed by atoms with Gasteiger partial charge >= 0.3 is 0 Å². The average Bonchev–Trinajstić information content (AvgIpc) is 2.93. The monoisotopic (exact) mass is 565 g/mol. The van der Waals surface area contributed by atoms with E-state index in [4.69, 9.17) is 4.74 Å². The first kappa shape index (κ1) is 30.7. The summed E-state index contributed by atoms with van der Waals surface area (Å²) in [5.41, 5.74) is 3.85. The van der Waals surface area contributed by atoms with Crippen molar-refractivity contribution >= 4 is 27.5 Å². The lowest BCUT2D eigenvalue weighted by Gasteiger charge is -2.32. The molecule has 0 unspecified atom stereocenters. The maximum absolute atomic E-state index is 14.0. The van der Waals surface area contributed by atoms with E-state index in [1.165, 1.54) is 24.1 Å². The van der Waals surface area contributed by atoms with Gasteiger partial charge in [-0.25, -0.2) is 8.42 Å². The summed E-state index contributed by atoms with van der Waals surface area (Å²) in [7, 11) is -2.73. The van der Waals surface area contributed by atoms with Crippen LogP contribution in [0.1, 0.15) is 42.5 Å². The second kappa shape index (κ2) is 13.5. The molecular formula is C31H39N3O5S. The summed E-state index contributed by atoms with van der Waals surface area (Å²) in [4.78, 5) is 28.5. The largest absolute Gasteiger partial charge is 0.495 e. The van der Waals surface area contributed by atoms with Gasteiger partial charge in [0.1, 0.15) is 18.3 Å². The number of sulfonamides is 1. The summed E-state index contributed by atoms with van der Waals surface area (Å²) >= 11 is 0. The van der Waals surface area contributed by atoms with Gasteiger partial charge in [-0.15, -0.1) is 0 Å². The molecule has 1 atom stereocenters. The predicted octanol–water partition coefficient (Wildman–Crippen LogP) is 4.76. The summed E-state index contributed by atoms with van der Waals surface area (Å²) < 4.78 is 34.7. The van der Waals surface area contributed by atoms with Crippen LogP contribution in [0.2, 0.25) is 0 Å². The molecule has 0 aromatic heterocycles. The lowest BCUT2D eigenvalue weighted by molar-refractivity contribution is -0.139. The molecule has 1 N–H and O–H groups in total. The third kappa shape index (κ3) is 7.41. The Morgan fingerprint density at radius 1 is 0.900 bits per heavy atom. The normalized spacial score (nSPS) is 11.9. The van der Waals surface area contributed by atoms with Crippen molar-refractivity contribution in [2.24, 2.45) is 0 Å². The van der Waals surface area contributed by atoms with E-state index in [1.807, 2.05) is 58.0 Å². The molecule has 8 nitrogen and oxygen atoms in total. The number of nitrogens with one attached hydrogen (secondary N) is 1. The lowest BCUT2D eigenvalue weighted by Crippen LogP contribution is -2.51. The predicted molar refractivity (Wildman–Crippen MR) is 158 cm³/mol. The molecule has 3 rings (SSSR count). The zero-order chi connectivity index (χ0) is 29.4. The van der Waals surface area contributed by atoms with Crippen LogP contribution in [0.25, 0.3) is 0 Å². The van der Waals surface area contributed by atoms with Crippen molar-refractivity contribution in [2.45, 2.75) is 58.5 Å².